The maximum Gasteiger partial charge on any atom is 0.166 e. The molecule has 0 N–H and O–H groups in total. The number of para-hydroxylation sites is 2. The van der Waals surface area contributed by atoms with E-state index in [1.165, 1.54) is 19.2 Å². The molecule has 122 valence electrons. The van der Waals surface area contributed by atoms with E-state index >= 15 is 0 Å². The molecule has 0 aliphatic heterocycles. The highest BCUT2D eigenvalue weighted by Crippen LogP contribution is 2.42. The van der Waals surface area contributed by atoms with E-state index in [4.69, 9.17) is 9.47 Å². The molecule has 0 aliphatic carbocycles. The molecule has 0 aliphatic rings. The highest BCUT2D eigenvalue weighted by Gasteiger charge is 2.18. The second kappa shape index (κ2) is 6.71. The van der Waals surface area contributed by atoms with Gasteiger partial charge in [0.15, 0.2) is 11.6 Å². The lowest BCUT2D eigenvalue weighted by atomic mass is 9.96. The zero-order valence-electron chi connectivity index (χ0n) is 13.3. The Balaban J connectivity index is 2.26. The first-order valence-electron chi connectivity index (χ1n) is 7.42. The van der Waals surface area contributed by atoms with Crippen LogP contribution in [0.4, 0.5) is 8.78 Å². The smallest absolute Gasteiger partial charge is 0.166 e. The first kappa shape index (κ1) is 16.0. The SMILES string of the molecule is COc1ccccc1-c1cccc(-c2cccc(F)c2F)c1OC. The lowest BCUT2D eigenvalue weighted by molar-refractivity contribution is 0.411. The van der Waals surface area contributed by atoms with Gasteiger partial charge in [0.1, 0.15) is 11.5 Å². The molecular formula is C20H16F2O2. The third-order valence-corrected chi connectivity index (χ3v) is 3.86. The minimum atomic E-state index is -0.895. The molecule has 24 heavy (non-hydrogen) atoms. The lowest BCUT2D eigenvalue weighted by Crippen LogP contribution is -1.96. The van der Waals surface area contributed by atoms with Crippen molar-refractivity contribution in [2.45, 2.75) is 0 Å². The molecule has 0 bridgehead atoms. The van der Waals surface area contributed by atoms with Crippen LogP contribution in [0.1, 0.15) is 0 Å². The predicted molar refractivity (Wildman–Crippen MR) is 90.3 cm³/mol. The molecule has 0 spiro atoms. The summed E-state index contributed by atoms with van der Waals surface area (Å²) in [4.78, 5) is 0. The topological polar surface area (TPSA) is 18.5 Å². The molecule has 2 nitrogen and oxygen atoms in total. The number of ether oxygens (including phenoxy) is 2. The molecule has 3 aromatic rings. The Morgan fingerprint density at radius 3 is 1.92 bits per heavy atom. The van der Waals surface area contributed by atoms with Gasteiger partial charge in [-0.3, -0.25) is 0 Å². The van der Waals surface area contributed by atoms with Gasteiger partial charge in [0.05, 0.1) is 14.2 Å². The summed E-state index contributed by atoms with van der Waals surface area (Å²) in [6, 6.07) is 16.9. The second-order valence-electron chi connectivity index (χ2n) is 5.19. The Morgan fingerprint density at radius 2 is 1.21 bits per heavy atom. The van der Waals surface area contributed by atoms with Gasteiger partial charge in [0, 0.05) is 22.3 Å². The van der Waals surface area contributed by atoms with Crippen LogP contribution in [0, 0.1) is 11.6 Å². The van der Waals surface area contributed by atoms with Crippen LogP contribution >= 0.6 is 0 Å². The van der Waals surface area contributed by atoms with Crippen LogP contribution in [0.15, 0.2) is 60.7 Å². The van der Waals surface area contributed by atoms with Gasteiger partial charge >= 0.3 is 0 Å². The molecule has 0 saturated heterocycles. The summed E-state index contributed by atoms with van der Waals surface area (Å²) < 4.78 is 38.8. The van der Waals surface area contributed by atoms with Gasteiger partial charge in [-0.1, -0.05) is 48.5 Å². The third kappa shape index (κ3) is 2.71. The van der Waals surface area contributed by atoms with Crippen molar-refractivity contribution in [3.8, 4) is 33.8 Å². The van der Waals surface area contributed by atoms with Crippen LogP contribution in [0.2, 0.25) is 0 Å². The van der Waals surface area contributed by atoms with E-state index in [-0.39, 0.29) is 5.56 Å². The lowest BCUT2D eigenvalue weighted by Gasteiger charge is -2.16. The predicted octanol–water partition coefficient (Wildman–Crippen LogP) is 5.32. The van der Waals surface area contributed by atoms with Crippen molar-refractivity contribution in [2.24, 2.45) is 0 Å². The standard InChI is InChI=1S/C20H16F2O2/c1-23-18-12-4-3-7-13(18)15-9-5-10-16(20(15)24-2)14-8-6-11-17(21)19(14)22/h3-12H,1-2H3. The molecule has 4 heteroatoms. The fraction of sp³-hybridized carbons (Fsp3) is 0.100. The molecule has 0 unspecified atom stereocenters. The van der Waals surface area contributed by atoms with E-state index in [0.717, 1.165) is 17.2 Å². The second-order valence-corrected chi connectivity index (χ2v) is 5.19. The molecule has 0 saturated carbocycles. The Morgan fingerprint density at radius 1 is 0.625 bits per heavy atom. The van der Waals surface area contributed by atoms with E-state index in [1.54, 1.807) is 19.2 Å². The van der Waals surface area contributed by atoms with Gasteiger partial charge in [-0.05, 0) is 12.1 Å². The van der Waals surface area contributed by atoms with E-state index in [9.17, 15) is 8.78 Å². The average molecular weight is 326 g/mol. The molecule has 3 rings (SSSR count). The van der Waals surface area contributed by atoms with Crippen molar-refractivity contribution in [2.75, 3.05) is 14.2 Å². The summed E-state index contributed by atoms with van der Waals surface area (Å²) >= 11 is 0. The molecular weight excluding hydrogens is 310 g/mol. The van der Waals surface area contributed by atoms with Crippen molar-refractivity contribution >= 4 is 0 Å². The van der Waals surface area contributed by atoms with Gasteiger partial charge < -0.3 is 9.47 Å². The van der Waals surface area contributed by atoms with Gasteiger partial charge in [-0.25, -0.2) is 8.78 Å². The number of halogens is 2. The summed E-state index contributed by atoms with van der Waals surface area (Å²) in [5, 5.41) is 0. The maximum atomic E-state index is 14.2. The fourth-order valence-corrected chi connectivity index (χ4v) is 2.76. The van der Waals surface area contributed by atoms with Crippen LogP contribution in [-0.2, 0) is 0 Å². The highest BCUT2D eigenvalue weighted by atomic mass is 19.2. The summed E-state index contributed by atoms with van der Waals surface area (Å²) in [7, 11) is 3.09. The van der Waals surface area contributed by atoms with Gasteiger partial charge in [-0.2, -0.15) is 0 Å². The summed E-state index contributed by atoms with van der Waals surface area (Å²) in [5.41, 5.74) is 2.20. The zero-order valence-corrected chi connectivity index (χ0v) is 13.3. The molecule has 0 aromatic heterocycles. The Kier molecular flexibility index (Phi) is 4.47. The minimum absolute atomic E-state index is 0.156. The number of rotatable bonds is 4. The van der Waals surface area contributed by atoms with Crippen LogP contribution in [0.3, 0.4) is 0 Å². The molecule has 3 aromatic carbocycles. The summed E-state index contributed by atoms with van der Waals surface area (Å²) in [6.45, 7) is 0. The molecule has 0 heterocycles. The largest absolute Gasteiger partial charge is 0.496 e. The Bertz CT molecular complexity index is 875. The molecule has 0 atom stereocenters. The number of hydrogen-bond donors (Lipinski definition) is 0. The van der Waals surface area contributed by atoms with Crippen LogP contribution < -0.4 is 9.47 Å². The molecule has 0 radical (unpaired) electrons. The van der Waals surface area contributed by atoms with E-state index < -0.39 is 11.6 Å². The van der Waals surface area contributed by atoms with E-state index in [0.29, 0.717) is 17.1 Å². The summed E-state index contributed by atoms with van der Waals surface area (Å²) in [6.07, 6.45) is 0. The molecule has 0 amide bonds. The van der Waals surface area contributed by atoms with Crippen molar-refractivity contribution in [1.82, 2.24) is 0 Å². The Labute approximate surface area is 139 Å². The first-order chi connectivity index (χ1) is 11.7. The highest BCUT2D eigenvalue weighted by molar-refractivity contribution is 5.84. The Hall–Kier alpha value is -2.88. The van der Waals surface area contributed by atoms with Crippen LogP contribution in [0.25, 0.3) is 22.3 Å². The number of benzene rings is 3. The van der Waals surface area contributed by atoms with E-state index in [2.05, 4.69) is 0 Å². The van der Waals surface area contributed by atoms with Crippen LogP contribution in [-0.4, -0.2) is 14.2 Å². The maximum absolute atomic E-state index is 14.2. The quantitative estimate of drug-likeness (QED) is 0.646. The van der Waals surface area contributed by atoms with Crippen molar-refractivity contribution < 1.29 is 18.3 Å². The van der Waals surface area contributed by atoms with Crippen molar-refractivity contribution in [3.05, 3.63) is 72.3 Å². The number of hydrogen-bond acceptors (Lipinski definition) is 2. The first-order valence-corrected chi connectivity index (χ1v) is 7.42. The van der Waals surface area contributed by atoms with Crippen molar-refractivity contribution in [1.29, 1.82) is 0 Å². The fourth-order valence-electron chi connectivity index (χ4n) is 2.76. The normalized spacial score (nSPS) is 10.5. The average Bonchev–Trinajstić information content (AvgIpc) is 2.63. The van der Waals surface area contributed by atoms with Gasteiger partial charge in [-0.15, -0.1) is 0 Å². The summed E-state index contributed by atoms with van der Waals surface area (Å²) in [5.74, 6) is -0.649. The van der Waals surface area contributed by atoms with Gasteiger partial charge in [0.25, 0.3) is 0 Å². The monoisotopic (exact) mass is 326 g/mol. The minimum Gasteiger partial charge on any atom is -0.496 e. The van der Waals surface area contributed by atoms with E-state index in [1.807, 2.05) is 30.3 Å². The molecule has 0 fully saturated rings. The zero-order chi connectivity index (χ0) is 17.1. The van der Waals surface area contributed by atoms with Gasteiger partial charge in [0.2, 0.25) is 0 Å². The van der Waals surface area contributed by atoms with Crippen molar-refractivity contribution in [3.63, 3.8) is 0 Å². The van der Waals surface area contributed by atoms with Crippen LogP contribution in [0.5, 0.6) is 11.5 Å². The third-order valence-electron chi connectivity index (χ3n) is 3.86. The number of methoxy groups -OCH3 is 2.